The molecule has 5 nitrogen and oxygen atoms in total. The maximum atomic E-state index is 12.7. The molecule has 1 heterocycles. The van der Waals surface area contributed by atoms with Crippen LogP contribution < -0.4 is 4.74 Å². The molecule has 11 heteroatoms. The molecule has 1 aromatic rings. The third kappa shape index (κ3) is 5.66. The molecular formula is C18H21ClF3O5PS. The van der Waals surface area contributed by atoms with Gasteiger partial charge in [-0.05, 0) is 49.8 Å². The van der Waals surface area contributed by atoms with Crippen LogP contribution in [-0.2, 0) is 36.8 Å². The largest absolute Gasteiger partial charge is 0.496 e. The van der Waals surface area contributed by atoms with Gasteiger partial charge in [-0.25, -0.2) is 4.79 Å². The average Bonchev–Trinajstić information content (AvgIpc) is 2.80. The van der Waals surface area contributed by atoms with Gasteiger partial charge in [0.25, 0.3) is 0 Å². The third-order valence-electron chi connectivity index (χ3n) is 4.05. The second kappa shape index (κ2) is 8.46. The molecule has 0 bridgehead atoms. The Morgan fingerprint density at radius 3 is 2.45 bits per heavy atom. The number of esters is 1. The summed E-state index contributed by atoms with van der Waals surface area (Å²) >= 11 is 11.3. The maximum Gasteiger partial charge on any atom is 0.412 e. The minimum Gasteiger partial charge on any atom is -0.496 e. The van der Waals surface area contributed by atoms with Gasteiger partial charge in [0.15, 0.2) is 18.0 Å². The number of carbonyl (C=O) groups is 1. The van der Waals surface area contributed by atoms with Gasteiger partial charge in [-0.1, -0.05) is 18.5 Å². The topological polar surface area (TPSA) is 54.0 Å². The highest BCUT2D eigenvalue weighted by Crippen LogP contribution is 2.54. The molecule has 0 fully saturated rings. The van der Waals surface area contributed by atoms with Crippen molar-refractivity contribution in [1.82, 2.24) is 0 Å². The number of benzene rings is 1. The second-order valence-corrected chi connectivity index (χ2v) is 11.3. The summed E-state index contributed by atoms with van der Waals surface area (Å²) in [4.78, 5) is 12.7. The lowest BCUT2D eigenvalue weighted by Gasteiger charge is -2.27. The van der Waals surface area contributed by atoms with E-state index in [1.54, 1.807) is 19.9 Å². The Bertz CT molecular complexity index is 873. The Morgan fingerprint density at radius 1 is 1.31 bits per heavy atom. The van der Waals surface area contributed by atoms with Crippen molar-refractivity contribution in [2.24, 2.45) is 0 Å². The molecule has 0 aromatic heterocycles. The van der Waals surface area contributed by atoms with Crippen LogP contribution >= 0.6 is 18.1 Å². The monoisotopic (exact) mass is 472 g/mol. The summed E-state index contributed by atoms with van der Waals surface area (Å²) in [6.07, 6.45) is -4.06. The van der Waals surface area contributed by atoms with Crippen LogP contribution in [0.4, 0.5) is 13.2 Å². The zero-order valence-electron chi connectivity index (χ0n) is 16.5. The van der Waals surface area contributed by atoms with Gasteiger partial charge in [0.05, 0.1) is 7.11 Å². The average molecular weight is 473 g/mol. The molecule has 0 spiro atoms. The molecule has 1 aliphatic rings. The van der Waals surface area contributed by atoms with Crippen LogP contribution in [0.15, 0.2) is 17.9 Å². The SMILES string of the molecule is CCc1cc(Cl)cc(OC)c1C1=C(OP(C)(=S)OCC(F)(F)F)C(C)(C)OC1=O. The molecule has 29 heavy (non-hydrogen) atoms. The van der Waals surface area contributed by atoms with E-state index in [1.165, 1.54) is 19.8 Å². The normalized spacial score (nSPS) is 18.4. The number of methoxy groups -OCH3 is 1. The Kier molecular flexibility index (Phi) is 7.00. The first-order chi connectivity index (χ1) is 13.2. The third-order valence-corrected chi connectivity index (χ3v) is 5.92. The molecule has 1 aromatic carbocycles. The number of halogens is 4. The van der Waals surface area contributed by atoms with Crippen LogP contribution in [0.25, 0.3) is 5.57 Å². The van der Waals surface area contributed by atoms with Gasteiger partial charge >= 0.3 is 12.1 Å². The van der Waals surface area contributed by atoms with Crippen LogP contribution in [0.1, 0.15) is 31.9 Å². The highest BCUT2D eigenvalue weighted by atomic mass is 35.5. The van der Waals surface area contributed by atoms with E-state index < -0.39 is 30.8 Å². The summed E-state index contributed by atoms with van der Waals surface area (Å²) in [5.74, 6) is -0.391. The quantitative estimate of drug-likeness (QED) is 0.386. The summed E-state index contributed by atoms with van der Waals surface area (Å²) in [6.45, 7) is 1.28. The van der Waals surface area contributed by atoms with E-state index in [4.69, 9.17) is 41.9 Å². The van der Waals surface area contributed by atoms with Crippen molar-refractivity contribution in [3.8, 4) is 5.75 Å². The van der Waals surface area contributed by atoms with Crippen molar-refractivity contribution in [3.63, 3.8) is 0 Å². The summed E-state index contributed by atoms with van der Waals surface area (Å²) in [6, 6.07) is 3.20. The highest BCUT2D eigenvalue weighted by Gasteiger charge is 2.46. The number of aryl methyl sites for hydroxylation is 1. The van der Waals surface area contributed by atoms with Gasteiger partial charge in [0, 0.05) is 17.3 Å². The molecule has 1 atom stereocenters. The number of ether oxygens (including phenoxy) is 2. The molecule has 0 radical (unpaired) electrons. The van der Waals surface area contributed by atoms with Crippen molar-refractivity contribution >= 4 is 41.4 Å². The van der Waals surface area contributed by atoms with Crippen LogP contribution in [0.2, 0.25) is 5.02 Å². The minimum absolute atomic E-state index is 0.00540. The maximum absolute atomic E-state index is 12.7. The van der Waals surface area contributed by atoms with Crippen molar-refractivity contribution in [2.75, 3.05) is 20.4 Å². The zero-order chi connectivity index (χ0) is 22.2. The van der Waals surface area contributed by atoms with Crippen molar-refractivity contribution in [3.05, 3.63) is 34.0 Å². The predicted octanol–water partition coefficient (Wildman–Crippen LogP) is 5.49. The van der Waals surface area contributed by atoms with E-state index in [2.05, 4.69) is 0 Å². The molecule has 0 aliphatic carbocycles. The van der Waals surface area contributed by atoms with Gasteiger partial charge in [-0.2, -0.15) is 13.2 Å². The molecule has 162 valence electrons. The van der Waals surface area contributed by atoms with Gasteiger partial charge in [0.1, 0.15) is 11.3 Å². The van der Waals surface area contributed by atoms with E-state index in [1.807, 2.05) is 6.92 Å². The fourth-order valence-corrected chi connectivity index (χ4v) is 4.53. The fraction of sp³-hybridized carbons (Fsp3) is 0.500. The zero-order valence-corrected chi connectivity index (χ0v) is 18.9. The molecule has 0 saturated heterocycles. The molecule has 1 unspecified atom stereocenters. The first-order valence-electron chi connectivity index (χ1n) is 8.54. The fourth-order valence-electron chi connectivity index (χ4n) is 2.84. The lowest BCUT2D eigenvalue weighted by Crippen LogP contribution is -2.24. The van der Waals surface area contributed by atoms with Gasteiger partial charge in [0.2, 0.25) is 6.49 Å². The van der Waals surface area contributed by atoms with Gasteiger partial charge in [-0.15, -0.1) is 0 Å². The summed E-state index contributed by atoms with van der Waals surface area (Å²) in [5.41, 5.74) is -0.146. The van der Waals surface area contributed by atoms with Gasteiger partial charge < -0.3 is 18.5 Å². The van der Waals surface area contributed by atoms with E-state index in [0.29, 0.717) is 28.3 Å². The van der Waals surface area contributed by atoms with Crippen molar-refractivity contribution in [1.29, 1.82) is 0 Å². The van der Waals surface area contributed by atoms with Crippen LogP contribution in [-0.4, -0.2) is 38.1 Å². The van der Waals surface area contributed by atoms with Crippen LogP contribution in [0.3, 0.4) is 0 Å². The van der Waals surface area contributed by atoms with E-state index in [-0.39, 0.29) is 11.3 Å². The lowest BCUT2D eigenvalue weighted by atomic mass is 9.94. The summed E-state index contributed by atoms with van der Waals surface area (Å²) in [7, 11) is 1.41. The number of alkyl halides is 3. The molecular weight excluding hydrogens is 452 g/mol. The number of hydrogen-bond donors (Lipinski definition) is 0. The highest BCUT2D eigenvalue weighted by molar-refractivity contribution is 8.09. The van der Waals surface area contributed by atoms with E-state index >= 15 is 0 Å². The Hall–Kier alpha value is -1.28. The molecule has 0 N–H and O–H groups in total. The minimum atomic E-state index is -4.56. The molecule has 2 rings (SSSR count). The van der Waals surface area contributed by atoms with Crippen LogP contribution in [0, 0.1) is 0 Å². The van der Waals surface area contributed by atoms with E-state index in [9.17, 15) is 18.0 Å². The Labute approximate surface area is 177 Å². The first-order valence-corrected chi connectivity index (χ1v) is 12.0. The van der Waals surface area contributed by atoms with Crippen LogP contribution in [0.5, 0.6) is 5.75 Å². The van der Waals surface area contributed by atoms with Crippen molar-refractivity contribution < 1.29 is 36.5 Å². The molecule has 0 amide bonds. The smallest absolute Gasteiger partial charge is 0.412 e. The molecule has 0 saturated carbocycles. The standard InChI is InChI=1S/C18H21ClF3O5PS/c1-6-10-7-11(19)8-12(24-4)13(10)14-15(17(2,3)26-16(14)23)27-28(5,29)25-9-18(20,21)22/h7-8H,6,9H2,1-5H3. The summed E-state index contributed by atoms with van der Waals surface area (Å²) < 4.78 is 59.0. The first kappa shape index (κ1) is 24.0. The number of rotatable bonds is 7. The number of cyclic esters (lactones) is 1. The van der Waals surface area contributed by atoms with Crippen molar-refractivity contribution in [2.45, 2.75) is 39.0 Å². The number of hydrogen-bond acceptors (Lipinski definition) is 6. The predicted molar refractivity (Wildman–Crippen MR) is 108 cm³/mol. The lowest BCUT2D eigenvalue weighted by molar-refractivity contribution is -0.153. The Balaban J connectivity index is 2.63. The van der Waals surface area contributed by atoms with E-state index in [0.717, 1.165) is 0 Å². The Morgan fingerprint density at radius 2 is 1.93 bits per heavy atom. The van der Waals surface area contributed by atoms with Gasteiger partial charge in [-0.3, -0.25) is 0 Å². The molecule has 1 aliphatic heterocycles. The second-order valence-electron chi connectivity index (χ2n) is 6.85. The summed E-state index contributed by atoms with van der Waals surface area (Å²) in [5, 5.41) is 0.408. The number of carbonyl (C=O) groups excluding carboxylic acids is 1.